The number of halogens is 3. The number of rotatable bonds is 5. The summed E-state index contributed by atoms with van der Waals surface area (Å²) in [6.45, 7) is 3.24. The molecular weight excluding hydrogens is 401 g/mol. The van der Waals surface area contributed by atoms with Crippen LogP contribution in [-0.4, -0.2) is 37.0 Å². The summed E-state index contributed by atoms with van der Waals surface area (Å²) < 4.78 is 13.7. The summed E-state index contributed by atoms with van der Waals surface area (Å²) in [6.07, 6.45) is 2.20. The lowest BCUT2D eigenvalue weighted by Gasteiger charge is -2.30. The van der Waals surface area contributed by atoms with Gasteiger partial charge >= 0.3 is 0 Å². The van der Waals surface area contributed by atoms with Crippen molar-refractivity contribution in [1.82, 2.24) is 16.0 Å². The smallest absolute Gasteiger partial charge is 0.252 e. The van der Waals surface area contributed by atoms with E-state index in [-0.39, 0.29) is 48.9 Å². The van der Waals surface area contributed by atoms with Crippen LogP contribution < -0.4 is 16.0 Å². The van der Waals surface area contributed by atoms with Gasteiger partial charge in [-0.3, -0.25) is 9.59 Å². The second-order valence-electron chi connectivity index (χ2n) is 5.69. The summed E-state index contributed by atoms with van der Waals surface area (Å²) >= 11 is 3.21. The Morgan fingerprint density at radius 3 is 2.88 bits per heavy atom. The average Bonchev–Trinajstić information content (AvgIpc) is 2.52. The Hall–Kier alpha value is -1.18. The number of amides is 2. The lowest BCUT2D eigenvalue weighted by molar-refractivity contribution is -0.122. The molecule has 0 bridgehead atoms. The summed E-state index contributed by atoms with van der Waals surface area (Å²) in [7, 11) is 0. The van der Waals surface area contributed by atoms with Crippen LogP contribution in [0.1, 0.15) is 36.5 Å². The molecule has 1 saturated heterocycles. The Morgan fingerprint density at radius 2 is 2.17 bits per heavy atom. The Labute approximate surface area is 155 Å². The highest BCUT2D eigenvalue weighted by Gasteiger charge is 2.22. The van der Waals surface area contributed by atoms with E-state index in [1.54, 1.807) is 0 Å². The van der Waals surface area contributed by atoms with Crippen molar-refractivity contribution < 1.29 is 14.0 Å². The zero-order valence-electron chi connectivity index (χ0n) is 13.4. The van der Waals surface area contributed by atoms with Crippen molar-refractivity contribution in [2.45, 2.75) is 38.3 Å². The third-order valence-corrected chi connectivity index (χ3v) is 4.61. The molecule has 1 fully saturated rings. The number of piperidine rings is 1. The van der Waals surface area contributed by atoms with E-state index in [2.05, 4.69) is 31.9 Å². The molecule has 1 heterocycles. The van der Waals surface area contributed by atoms with Gasteiger partial charge in [-0.1, -0.05) is 0 Å². The van der Waals surface area contributed by atoms with Gasteiger partial charge in [0, 0.05) is 29.5 Å². The summed E-state index contributed by atoms with van der Waals surface area (Å²) in [5, 5.41) is 8.93. The number of hydrogen-bond acceptors (Lipinski definition) is 3. The standard InChI is InChI=1S/C16H21BrFN3O2.ClH/c1-10-14(3-2-7-19-10)21-15(22)6-8-20-16(23)12-9-11(18)4-5-13(12)17;/h4-5,9-10,14,19H,2-3,6-8H2,1H3,(H,20,23)(H,21,22);1H. The monoisotopic (exact) mass is 421 g/mol. The minimum absolute atomic E-state index is 0. The molecule has 1 aliphatic heterocycles. The Kier molecular flexibility index (Phi) is 8.66. The quantitative estimate of drug-likeness (QED) is 0.682. The minimum Gasteiger partial charge on any atom is -0.352 e. The van der Waals surface area contributed by atoms with Gasteiger partial charge in [-0.25, -0.2) is 4.39 Å². The van der Waals surface area contributed by atoms with Crippen LogP contribution in [0.25, 0.3) is 0 Å². The molecule has 2 amide bonds. The summed E-state index contributed by atoms with van der Waals surface area (Å²) in [5.41, 5.74) is 0.218. The Morgan fingerprint density at radius 1 is 1.42 bits per heavy atom. The van der Waals surface area contributed by atoms with Crippen molar-refractivity contribution in [3.05, 3.63) is 34.1 Å². The molecular formula is C16H22BrClFN3O2. The lowest BCUT2D eigenvalue weighted by atomic mass is 10.00. The summed E-state index contributed by atoms with van der Waals surface area (Å²) in [5.74, 6) is -0.976. The molecule has 2 unspecified atom stereocenters. The van der Waals surface area contributed by atoms with E-state index in [1.165, 1.54) is 12.1 Å². The zero-order valence-corrected chi connectivity index (χ0v) is 15.8. The molecule has 1 aromatic rings. The third-order valence-electron chi connectivity index (χ3n) is 3.92. The SMILES string of the molecule is CC1NCCCC1NC(=O)CCNC(=O)c1cc(F)ccc1Br.Cl. The van der Waals surface area contributed by atoms with Crippen molar-refractivity contribution >= 4 is 40.2 Å². The highest BCUT2D eigenvalue weighted by Crippen LogP contribution is 2.17. The maximum atomic E-state index is 13.2. The average molecular weight is 423 g/mol. The van der Waals surface area contributed by atoms with E-state index in [0.717, 1.165) is 25.5 Å². The molecule has 2 rings (SSSR count). The van der Waals surface area contributed by atoms with Gasteiger partial charge in [0.1, 0.15) is 5.82 Å². The molecule has 3 N–H and O–H groups in total. The van der Waals surface area contributed by atoms with E-state index >= 15 is 0 Å². The lowest BCUT2D eigenvalue weighted by Crippen LogP contribution is -2.52. The van der Waals surface area contributed by atoms with Gasteiger partial charge in [0.25, 0.3) is 5.91 Å². The summed E-state index contributed by atoms with van der Waals surface area (Å²) in [6, 6.07) is 4.30. The van der Waals surface area contributed by atoms with Crippen molar-refractivity contribution in [2.24, 2.45) is 0 Å². The second-order valence-corrected chi connectivity index (χ2v) is 6.54. The number of benzene rings is 1. The van der Waals surface area contributed by atoms with Crippen LogP contribution in [-0.2, 0) is 4.79 Å². The Balaban J connectivity index is 0.00000288. The van der Waals surface area contributed by atoms with Crippen LogP contribution in [0.3, 0.4) is 0 Å². The van der Waals surface area contributed by atoms with E-state index < -0.39 is 11.7 Å². The van der Waals surface area contributed by atoms with Gasteiger partial charge in [0.2, 0.25) is 5.91 Å². The topological polar surface area (TPSA) is 70.2 Å². The molecule has 0 aromatic heterocycles. The van der Waals surface area contributed by atoms with Crippen LogP contribution in [0, 0.1) is 5.82 Å². The number of carbonyl (C=O) groups is 2. The zero-order chi connectivity index (χ0) is 16.8. The highest BCUT2D eigenvalue weighted by molar-refractivity contribution is 9.10. The van der Waals surface area contributed by atoms with Crippen LogP contribution in [0.2, 0.25) is 0 Å². The number of hydrogen-bond donors (Lipinski definition) is 3. The van der Waals surface area contributed by atoms with Gasteiger partial charge in [-0.05, 0) is 60.4 Å². The van der Waals surface area contributed by atoms with E-state index in [4.69, 9.17) is 0 Å². The maximum Gasteiger partial charge on any atom is 0.252 e. The van der Waals surface area contributed by atoms with Crippen molar-refractivity contribution in [2.75, 3.05) is 13.1 Å². The van der Waals surface area contributed by atoms with Crippen molar-refractivity contribution in [3.63, 3.8) is 0 Å². The molecule has 0 saturated carbocycles. The highest BCUT2D eigenvalue weighted by atomic mass is 79.9. The molecule has 1 aliphatic rings. The largest absolute Gasteiger partial charge is 0.352 e. The maximum absolute atomic E-state index is 13.2. The molecule has 134 valence electrons. The molecule has 24 heavy (non-hydrogen) atoms. The van der Waals surface area contributed by atoms with E-state index in [9.17, 15) is 14.0 Å². The fourth-order valence-corrected chi connectivity index (χ4v) is 3.00. The normalized spacial score (nSPS) is 20.0. The fraction of sp³-hybridized carbons (Fsp3) is 0.500. The first kappa shape index (κ1) is 20.9. The molecule has 0 aliphatic carbocycles. The van der Waals surface area contributed by atoms with Crippen LogP contribution in [0.4, 0.5) is 4.39 Å². The fourth-order valence-electron chi connectivity index (χ4n) is 2.58. The molecule has 8 heteroatoms. The van der Waals surface area contributed by atoms with Gasteiger partial charge in [0.15, 0.2) is 0 Å². The van der Waals surface area contributed by atoms with Crippen molar-refractivity contribution in [3.8, 4) is 0 Å². The first-order chi connectivity index (χ1) is 11.0. The third kappa shape index (κ3) is 6.03. The van der Waals surface area contributed by atoms with Crippen LogP contribution >= 0.6 is 28.3 Å². The van der Waals surface area contributed by atoms with Gasteiger partial charge in [-0.2, -0.15) is 0 Å². The Bertz CT molecular complexity index is 588. The second kappa shape index (κ2) is 9.96. The first-order valence-corrected chi connectivity index (χ1v) is 8.52. The number of carbonyl (C=O) groups excluding carboxylic acids is 2. The molecule has 0 radical (unpaired) electrons. The van der Waals surface area contributed by atoms with Crippen LogP contribution in [0.5, 0.6) is 0 Å². The molecule has 2 atom stereocenters. The molecule has 1 aromatic carbocycles. The van der Waals surface area contributed by atoms with Gasteiger partial charge in [0.05, 0.1) is 5.56 Å². The summed E-state index contributed by atoms with van der Waals surface area (Å²) in [4.78, 5) is 23.9. The number of nitrogens with one attached hydrogen (secondary N) is 3. The van der Waals surface area contributed by atoms with Crippen LogP contribution in [0.15, 0.2) is 22.7 Å². The van der Waals surface area contributed by atoms with E-state index in [1.807, 2.05) is 6.92 Å². The molecule has 5 nitrogen and oxygen atoms in total. The van der Waals surface area contributed by atoms with Gasteiger partial charge in [-0.15, -0.1) is 12.4 Å². The predicted octanol–water partition coefficient (Wildman–Crippen LogP) is 2.39. The first-order valence-electron chi connectivity index (χ1n) is 7.73. The van der Waals surface area contributed by atoms with Crippen molar-refractivity contribution in [1.29, 1.82) is 0 Å². The predicted molar refractivity (Wildman–Crippen MR) is 96.9 cm³/mol. The molecule has 0 spiro atoms. The van der Waals surface area contributed by atoms with Gasteiger partial charge < -0.3 is 16.0 Å². The van der Waals surface area contributed by atoms with E-state index in [0.29, 0.717) is 4.47 Å². The minimum atomic E-state index is -0.477.